The van der Waals surface area contributed by atoms with Crippen LogP contribution < -0.4 is 4.74 Å². The van der Waals surface area contributed by atoms with Crippen molar-refractivity contribution in [1.82, 2.24) is 4.98 Å². The van der Waals surface area contributed by atoms with Crippen LogP contribution in [0.4, 0.5) is 13.2 Å². The average molecular weight is 233 g/mol. The first-order valence-electron chi connectivity index (χ1n) is 5.06. The molecule has 0 atom stereocenters. The molecule has 0 bridgehead atoms. The minimum absolute atomic E-state index is 0.0589. The molecule has 0 aromatic carbocycles. The van der Waals surface area contributed by atoms with Gasteiger partial charge in [0.25, 0.3) is 0 Å². The van der Waals surface area contributed by atoms with Crippen LogP contribution in [0.2, 0.25) is 0 Å². The van der Waals surface area contributed by atoms with E-state index >= 15 is 0 Å². The Morgan fingerprint density at radius 3 is 2.44 bits per heavy atom. The van der Waals surface area contributed by atoms with E-state index < -0.39 is 11.7 Å². The molecule has 1 heterocycles. The summed E-state index contributed by atoms with van der Waals surface area (Å²) in [5, 5.41) is 0. The van der Waals surface area contributed by atoms with Gasteiger partial charge in [0.1, 0.15) is 0 Å². The smallest absolute Gasteiger partial charge is 0.417 e. The lowest BCUT2D eigenvalue weighted by Gasteiger charge is -2.14. The zero-order chi connectivity index (χ0) is 12.3. The molecule has 90 valence electrons. The molecule has 1 aromatic rings. The number of nitrogens with zero attached hydrogens (tertiary/aromatic N) is 1. The van der Waals surface area contributed by atoms with E-state index in [2.05, 4.69) is 4.98 Å². The van der Waals surface area contributed by atoms with Crippen LogP contribution >= 0.6 is 0 Å². The molecule has 0 aliphatic heterocycles. The Kier molecular flexibility index (Phi) is 3.78. The first kappa shape index (κ1) is 12.8. The highest BCUT2D eigenvalue weighted by atomic mass is 19.4. The number of alkyl halides is 3. The SMILES string of the molecule is CCOc1ncc(C(F)(F)F)cc1C(C)C. The van der Waals surface area contributed by atoms with Crippen molar-refractivity contribution < 1.29 is 17.9 Å². The monoisotopic (exact) mass is 233 g/mol. The third-order valence-electron chi connectivity index (χ3n) is 2.11. The summed E-state index contributed by atoms with van der Waals surface area (Å²) < 4.78 is 42.6. The quantitative estimate of drug-likeness (QED) is 0.795. The molecule has 0 unspecified atom stereocenters. The second-order valence-corrected chi connectivity index (χ2v) is 3.70. The van der Waals surface area contributed by atoms with Crippen molar-refractivity contribution in [2.75, 3.05) is 6.61 Å². The van der Waals surface area contributed by atoms with E-state index in [1.54, 1.807) is 20.8 Å². The van der Waals surface area contributed by atoms with Crippen molar-refractivity contribution in [1.29, 1.82) is 0 Å². The van der Waals surface area contributed by atoms with Gasteiger partial charge >= 0.3 is 6.18 Å². The zero-order valence-electron chi connectivity index (χ0n) is 9.43. The van der Waals surface area contributed by atoms with Crippen molar-refractivity contribution in [3.05, 3.63) is 23.4 Å². The van der Waals surface area contributed by atoms with E-state index in [-0.39, 0.29) is 11.8 Å². The van der Waals surface area contributed by atoms with Crippen LogP contribution in [0.25, 0.3) is 0 Å². The molecule has 0 saturated heterocycles. The summed E-state index contributed by atoms with van der Waals surface area (Å²) in [5.41, 5.74) is -0.253. The van der Waals surface area contributed by atoms with Gasteiger partial charge in [-0.25, -0.2) is 4.98 Å². The number of hydrogen-bond acceptors (Lipinski definition) is 2. The lowest BCUT2D eigenvalue weighted by Crippen LogP contribution is -2.09. The van der Waals surface area contributed by atoms with Crippen LogP contribution in [0.1, 0.15) is 37.8 Å². The van der Waals surface area contributed by atoms with E-state index in [4.69, 9.17) is 4.74 Å². The van der Waals surface area contributed by atoms with Crippen LogP contribution in [0.15, 0.2) is 12.3 Å². The second-order valence-electron chi connectivity index (χ2n) is 3.70. The highest BCUT2D eigenvalue weighted by Gasteiger charge is 2.32. The van der Waals surface area contributed by atoms with Gasteiger partial charge in [0.05, 0.1) is 12.2 Å². The summed E-state index contributed by atoms with van der Waals surface area (Å²) in [6.45, 7) is 5.76. The highest BCUT2D eigenvalue weighted by molar-refractivity contribution is 5.33. The van der Waals surface area contributed by atoms with Gasteiger partial charge in [-0.15, -0.1) is 0 Å². The molecule has 1 rings (SSSR count). The molecule has 0 saturated carbocycles. The molecule has 0 aliphatic rings. The molecule has 0 amide bonds. The molecule has 0 spiro atoms. The number of ether oxygens (including phenoxy) is 1. The van der Waals surface area contributed by atoms with Crippen molar-refractivity contribution in [3.63, 3.8) is 0 Å². The summed E-state index contributed by atoms with van der Waals surface area (Å²) in [6, 6.07) is 1.10. The molecule has 0 radical (unpaired) electrons. The van der Waals surface area contributed by atoms with Gasteiger partial charge in [-0.3, -0.25) is 0 Å². The molecule has 16 heavy (non-hydrogen) atoms. The first-order chi connectivity index (χ1) is 7.36. The van der Waals surface area contributed by atoms with Crippen molar-refractivity contribution >= 4 is 0 Å². The van der Waals surface area contributed by atoms with Gasteiger partial charge < -0.3 is 4.74 Å². The van der Waals surface area contributed by atoms with Crippen molar-refractivity contribution in [3.8, 4) is 5.88 Å². The maximum Gasteiger partial charge on any atom is 0.417 e. The molecule has 2 nitrogen and oxygen atoms in total. The van der Waals surface area contributed by atoms with E-state index in [1.807, 2.05) is 0 Å². The number of aromatic nitrogens is 1. The second kappa shape index (κ2) is 4.72. The van der Waals surface area contributed by atoms with Crippen LogP contribution in [-0.4, -0.2) is 11.6 Å². The Labute approximate surface area is 92.5 Å². The van der Waals surface area contributed by atoms with E-state index in [0.717, 1.165) is 12.3 Å². The predicted octanol–water partition coefficient (Wildman–Crippen LogP) is 3.62. The van der Waals surface area contributed by atoms with E-state index in [1.165, 1.54) is 0 Å². The van der Waals surface area contributed by atoms with Crippen LogP contribution in [0.5, 0.6) is 5.88 Å². The fraction of sp³-hybridized carbons (Fsp3) is 0.545. The maximum absolute atomic E-state index is 12.5. The van der Waals surface area contributed by atoms with Crippen LogP contribution in [-0.2, 0) is 6.18 Å². The van der Waals surface area contributed by atoms with Gasteiger partial charge in [0.2, 0.25) is 5.88 Å². The first-order valence-corrected chi connectivity index (χ1v) is 5.06. The van der Waals surface area contributed by atoms with Crippen LogP contribution in [0, 0.1) is 0 Å². The van der Waals surface area contributed by atoms with Crippen LogP contribution in [0.3, 0.4) is 0 Å². The molecule has 0 N–H and O–H groups in total. The summed E-state index contributed by atoms with van der Waals surface area (Å²) in [4.78, 5) is 3.71. The van der Waals surface area contributed by atoms with Crippen molar-refractivity contribution in [2.24, 2.45) is 0 Å². The third kappa shape index (κ3) is 2.87. The third-order valence-corrected chi connectivity index (χ3v) is 2.11. The van der Waals surface area contributed by atoms with Gasteiger partial charge in [0.15, 0.2) is 0 Å². The number of halogens is 3. The largest absolute Gasteiger partial charge is 0.478 e. The predicted molar refractivity (Wildman–Crippen MR) is 54.5 cm³/mol. The average Bonchev–Trinajstić information content (AvgIpc) is 2.16. The number of hydrogen-bond donors (Lipinski definition) is 0. The normalized spacial score (nSPS) is 11.9. The molecule has 5 heteroatoms. The summed E-state index contributed by atoms with van der Waals surface area (Å²) in [6.07, 6.45) is -3.56. The minimum Gasteiger partial charge on any atom is -0.478 e. The Balaban J connectivity index is 3.17. The van der Waals surface area contributed by atoms with Gasteiger partial charge in [-0.1, -0.05) is 13.8 Å². The van der Waals surface area contributed by atoms with Gasteiger partial charge in [-0.05, 0) is 18.9 Å². The number of pyridine rings is 1. The fourth-order valence-corrected chi connectivity index (χ4v) is 1.30. The fourth-order valence-electron chi connectivity index (χ4n) is 1.30. The standard InChI is InChI=1S/C11H14F3NO/c1-4-16-10-9(7(2)3)5-8(6-15-10)11(12,13)14/h5-7H,4H2,1-3H3. The number of rotatable bonds is 3. The summed E-state index contributed by atoms with van der Waals surface area (Å²) in [5.74, 6) is 0.224. The topological polar surface area (TPSA) is 22.1 Å². The zero-order valence-corrected chi connectivity index (χ0v) is 9.43. The van der Waals surface area contributed by atoms with Gasteiger partial charge in [-0.2, -0.15) is 13.2 Å². The molecule has 0 aliphatic carbocycles. The van der Waals surface area contributed by atoms with Gasteiger partial charge in [0, 0.05) is 11.8 Å². The lowest BCUT2D eigenvalue weighted by atomic mass is 10.0. The van der Waals surface area contributed by atoms with E-state index in [0.29, 0.717) is 12.2 Å². The molecule has 0 fully saturated rings. The van der Waals surface area contributed by atoms with E-state index in [9.17, 15) is 13.2 Å². The Hall–Kier alpha value is -1.26. The molecular formula is C11H14F3NO. The molecular weight excluding hydrogens is 219 g/mol. The lowest BCUT2D eigenvalue weighted by molar-refractivity contribution is -0.137. The van der Waals surface area contributed by atoms with Crippen molar-refractivity contribution in [2.45, 2.75) is 32.9 Å². The highest BCUT2D eigenvalue weighted by Crippen LogP contribution is 2.33. The summed E-state index contributed by atoms with van der Waals surface area (Å²) >= 11 is 0. The Morgan fingerprint density at radius 1 is 1.38 bits per heavy atom. The maximum atomic E-state index is 12.5. The Bertz CT molecular complexity index is 361. The summed E-state index contributed by atoms with van der Waals surface area (Å²) in [7, 11) is 0. The molecule has 1 aromatic heterocycles. The minimum atomic E-state index is -4.36. The Morgan fingerprint density at radius 2 is 2.00 bits per heavy atom.